The minimum absolute atomic E-state index is 0.405. The minimum atomic E-state index is 0.405. The highest BCUT2D eigenvalue weighted by molar-refractivity contribution is 5.63. The van der Waals surface area contributed by atoms with Crippen LogP contribution in [0, 0.1) is 11.3 Å². The summed E-state index contributed by atoms with van der Waals surface area (Å²) in [5.41, 5.74) is 4.80. The van der Waals surface area contributed by atoms with Crippen molar-refractivity contribution >= 4 is 0 Å². The highest BCUT2D eigenvalue weighted by atomic mass is 15.3. The van der Waals surface area contributed by atoms with E-state index in [1.54, 1.807) is 0 Å². The van der Waals surface area contributed by atoms with E-state index in [1.807, 2.05) is 6.07 Å². The molecule has 1 aromatic carbocycles. The molecule has 0 saturated carbocycles. The second kappa shape index (κ2) is 4.60. The fraction of sp³-hybridized carbons (Fsp3) is 0.188. The van der Waals surface area contributed by atoms with Crippen molar-refractivity contribution in [1.29, 1.82) is 5.26 Å². The lowest BCUT2D eigenvalue weighted by Crippen LogP contribution is -2.06. The van der Waals surface area contributed by atoms with Crippen LogP contribution in [0.4, 0.5) is 0 Å². The van der Waals surface area contributed by atoms with E-state index < -0.39 is 0 Å². The Kier molecular flexibility index (Phi) is 2.61. The molecule has 0 amide bonds. The van der Waals surface area contributed by atoms with E-state index in [0.29, 0.717) is 17.4 Å². The molecule has 1 N–H and O–H groups in total. The lowest BCUT2D eigenvalue weighted by atomic mass is 10.1. The number of aromatic amines is 1. The highest BCUT2D eigenvalue weighted by Crippen LogP contribution is 2.31. The molecule has 5 heteroatoms. The first kappa shape index (κ1) is 11.9. The second-order valence-electron chi connectivity index (χ2n) is 5.33. The third-order valence-electron chi connectivity index (χ3n) is 4.10. The molecular formula is C16H13N5. The largest absolute Gasteiger partial charge is 0.350 e. The summed E-state index contributed by atoms with van der Waals surface area (Å²) in [6, 6.07) is 13.1. The molecule has 0 radical (unpaired) electrons. The molecule has 2 aromatic heterocycles. The number of rotatable bonds is 2. The molecule has 0 fully saturated rings. The lowest BCUT2D eigenvalue weighted by molar-refractivity contribution is 0.532. The summed E-state index contributed by atoms with van der Waals surface area (Å²) >= 11 is 0. The van der Waals surface area contributed by atoms with Gasteiger partial charge in [0.2, 0.25) is 0 Å². The van der Waals surface area contributed by atoms with E-state index in [9.17, 15) is 0 Å². The first-order valence-corrected chi connectivity index (χ1v) is 6.91. The van der Waals surface area contributed by atoms with Crippen LogP contribution in [0.2, 0.25) is 0 Å². The summed E-state index contributed by atoms with van der Waals surface area (Å²) in [5.74, 6) is 0. The zero-order valence-corrected chi connectivity index (χ0v) is 11.3. The Morgan fingerprint density at radius 1 is 1.19 bits per heavy atom. The molecule has 2 heterocycles. The number of hydrogen-bond acceptors (Lipinski definition) is 3. The zero-order chi connectivity index (χ0) is 14.2. The molecule has 0 aliphatic heterocycles. The minimum Gasteiger partial charge on any atom is -0.350 e. The maximum atomic E-state index is 9.04. The van der Waals surface area contributed by atoms with Gasteiger partial charge in [-0.2, -0.15) is 5.26 Å². The van der Waals surface area contributed by atoms with Gasteiger partial charge in [-0.25, -0.2) is 5.10 Å². The van der Waals surface area contributed by atoms with Crippen LogP contribution in [-0.2, 0) is 12.8 Å². The van der Waals surface area contributed by atoms with Crippen molar-refractivity contribution in [3.8, 4) is 17.3 Å². The molecule has 3 aromatic rings. The van der Waals surface area contributed by atoms with Gasteiger partial charge in [-0.05, 0) is 30.0 Å². The van der Waals surface area contributed by atoms with Crippen LogP contribution in [0.25, 0.3) is 11.3 Å². The highest BCUT2D eigenvalue weighted by Gasteiger charge is 2.22. The molecule has 0 bridgehead atoms. The summed E-state index contributed by atoms with van der Waals surface area (Å²) in [6.07, 6.45) is 6.21. The molecule has 102 valence electrons. The van der Waals surface area contributed by atoms with E-state index in [2.05, 4.69) is 62.7 Å². The van der Waals surface area contributed by atoms with Crippen molar-refractivity contribution < 1.29 is 0 Å². The summed E-state index contributed by atoms with van der Waals surface area (Å²) in [4.78, 5) is 0. The normalized spacial score (nSPS) is 14.0. The van der Waals surface area contributed by atoms with E-state index in [-0.39, 0.29) is 0 Å². The summed E-state index contributed by atoms with van der Waals surface area (Å²) < 4.78 is 2.21. The molecule has 5 nitrogen and oxygen atoms in total. The molecule has 0 unspecified atom stereocenters. The van der Waals surface area contributed by atoms with Gasteiger partial charge in [0.1, 0.15) is 11.8 Å². The summed E-state index contributed by atoms with van der Waals surface area (Å²) in [7, 11) is 0. The first-order valence-electron chi connectivity index (χ1n) is 6.91. The Morgan fingerprint density at radius 3 is 2.67 bits per heavy atom. The molecule has 21 heavy (non-hydrogen) atoms. The van der Waals surface area contributed by atoms with Gasteiger partial charge in [0.15, 0.2) is 5.69 Å². The molecular weight excluding hydrogens is 262 g/mol. The smallest absolute Gasteiger partial charge is 0.163 e. The van der Waals surface area contributed by atoms with Crippen LogP contribution in [0.3, 0.4) is 0 Å². The van der Waals surface area contributed by atoms with Crippen LogP contribution in [0.15, 0.2) is 42.7 Å². The van der Waals surface area contributed by atoms with E-state index >= 15 is 0 Å². The van der Waals surface area contributed by atoms with E-state index in [0.717, 1.165) is 18.4 Å². The van der Waals surface area contributed by atoms with Crippen molar-refractivity contribution in [1.82, 2.24) is 20.0 Å². The Balaban J connectivity index is 1.64. The number of hydrogen-bond donors (Lipinski definition) is 1. The van der Waals surface area contributed by atoms with Crippen LogP contribution < -0.4 is 0 Å². The van der Waals surface area contributed by atoms with Crippen molar-refractivity contribution in [2.24, 2.45) is 0 Å². The summed E-state index contributed by atoms with van der Waals surface area (Å²) in [5, 5.41) is 19.3. The second-order valence-corrected chi connectivity index (χ2v) is 5.33. The molecule has 4 rings (SSSR count). The Bertz CT molecular complexity index is 811. The fourth-order valence-corrected chi connectivity index (χ4v) is 3.03. The lowest BCUT2D eigenvalue weighted by Gasteiger charge is -2.10. The molecule has 0 atom stereocenters. The number of nitriles is 1. The van der Waals surface area contributed by atoms with Crippen LogP contribution in [0.1, 0.15) is 22.9 Å². The first-order chi connectivity index (χ1) is 10.3. The zero-order valence-electron chi connectivity index (χ0n) is 11.3. The van der Waals surface area contributed by atoms with E-state index in [1.165, 1.54) is 11.1 Å². The van der Waals surface area contributed by atoms with Crippen molar-refractivity contribution in [2.75, 3.05) is 0 Å². The van der Waals surface area contributed by atoms with Crippen molar-refractivity contribution in [2.45, 2.75) is 18.9 Å². The number of nitrogens with zero attached hydrogens (tertiary/aromatic N) is 4. The Morgan fingerprint density at radius 2 is 1.95 bits per heavy atom. The van der Waals surface area contributed by atoms with Gasteiger partial charge in [-0.3, -0.25) is 0 Å². The fourth-order valence-electron chi connectivity index (χ4n) is 3.03. The van der Waals surface area contributed by atoms with Crippen LogP contribution in [0.5, 0.6) is 0 Å². The number of aromatic nitrogens is 4. The Labute approximate surface area is 121 Å². The van der Waals surface area contributed by atoms with Crippen molar-refractivity contribution in [3.63, 3.8) is 0 Å². The SMILES string of the molecule is N#Cc1[nH]nnc1-c1ccn(C2Cc3ccccc3C2)c1. The predicted octanol–water partition coefficient (Wildman–Crippen LogP) is 2.48. The average molecular weight is 275 g/mol. The van der Waals surface area contributed by atoms with Gasteiger partial charge in [-0.15, -0.1) is 5.10 Å². The standard InChI is InChI=1S/C16H13N5/c17-9-15-16(19-20-18-15)13-5-6-21(10-13)14-7-11-3-1-2-4-12(11)8-14/h1-6,10,14H,7-8H2,(H,18,19,20). The maximum Gasteiger partial charge on any atom is 0.163 e. The van der Waals surface area contributed by atoms with Gasteiger partial charge in [0.05, 0.1) is 0 Å². The molecule has 0 spiro atoms. The topological polar surface area (TPSA) is 70.3 Å². The van der Waals surface area contributed by atoms with Gasteiger partial charge in [0.25, 0.3) is 0 Å². The van der Waals surface area contributed by atoms with Crippen LogP contribution >= 0.6 is 0 Å². The number of nitrogens with one attached hydrogen (secondary N) is 1. The predicted molar refractivity (Wildman–Crippen MR) is 77.4 cm³/mol. The van der Waals surface area contributed by atoms with Gasteiger partial charge >= 0.3 is 0 Å². The third kappa shape index (κ3) is 1.93. The number of H-pyrrole nitrogens is 1. The van der Waals surface area contributed by atoms with Gasteiger partial charge in [0, 0.05) is 24.0 Å². The van der Waals surface area contributed by atoms with Gasteiger partial charge in [-0.1, -0.05) is 29.5 Å². The van der Waals surface area contributed by atoms with Crippen LogP contribution in [-0.4, -0.2) is 20.0 Å². The molecule has 0 saturated heterocycles. The average Bonchev–Trinajstić information content (AvgIpc) is 3.23. The quantitative estimate of drug-likeness (QED) is 0.781. The number of fused-ring (bicyclic) bond motifs is 1. The maximum absolute atomic E-state index is 9.04. The third-order valence-corrected chi connectivity index (χ3v) is 4.10. The van der Waals surface area contributed by atoms with E-state index in [4.69, 9.17) is 5.26 Å². The molecule has 1 aliphatic rings. The molecule has 1 aliphatic carbocycles. The summed E-state index contributed by atoms with van der Waals surface area (Å²) in [6.45, 7) is 0. The van der Waals surface area contributed by atoms with Gasteiger partial charge < -0.3 is 4.57 Å². The monoisotopic (exact) mass is 275 g/mol. The number of benzene rings is 1. The van der Waals surface area contributed by atoms with Crippen molar-refractivity contribution in [3.05, 3.63) is 59.5 Å². The Hall–Kier alpha value is -2.87.